The summed E-state index contributed by atoms with van der Waals surface area (Å²) in [6.45, 7) is 2.85. The van der Waals surface area contributed by atoms with Gasteiger partial charge in [0, 0.05) is 12.6 Å². The van der Waals surface area contributed by atoms with Crippen molar-refractivity contribution in [3.05, 3.63) is 16.5 Å². The third-order valence-corrected chi connectivity index (χ3v) is 6.30. The van der Waals surface area contributed by atoms with Crippen molar-refractivity contribution in [3.8, 4) is 0 Å². The van der Waals surface area contributed by atoms with E-state index >= 15 is 0 Å². The topological polar surface area (TPSA) is 85.3 Å². The van der Waals surface area contributed by atoms with Gasteiger partial charge in [0.05, 0.1) is 6.54 Å². The van der Waals surface area contributed by atoms with Crippen molar-refractivity contribution in [1.82, 2.24) is 4.72 Å². The van der Waals surface area contributed by atoms with Crippen molar-refractivity contribution in [3.63, 3.8) is 0 Å². The number of nitrogens with two attached hydrogens (primary N) is 1. The van der Waals surface area contributed by atoms with E-state index in [1.165, 1.54) is 25.3 Å². The Labute approximate surface area is 128 Å². The van der Waals surface area contributed by atoms with Crippen molar-refractivity contribution in [2.45, 2.75) is 44.0 Å². The Hall–Kier alpha value is -0.370. The lowest BCUT2D eigenvalue weighted by atomic mass is 9.81. The third-order valence-electron chi connectivity index (χ3n) is 4.02. The Morgan fingerprint density at radius 2 is 2.15 bits per heavy atom. The zero-order valence-corrected chi connectivity index (χ0v) is 14.0. The number of sulfonamides is 1. The molecule has 0 spiro atoms. The second kappa shape index (κ2) is 6.60. The monoisotopic (exact) mass is 364 g/mol. The molecule has 3 N–H and O–H groups in total. The zero-order chi connectivity index (χ0) is 14.8. The van der Waals surface area contributed by atoms with Crippen LogP contribution < -0.4 is 10.5 Å². The van der Waals surface area contributed by atoms with Crippen LogP contribution in [0.5, 0.6) is 0 Å². The van der Waals surface area contributed by atoms with Crippen LogP contribution in [0.25, 0.3) is 0 Å². The molecular formula is C13H21BrN2O3S. The van der Waals surface area contributed by atoms with Crippen LogP contribution in [0.1, 0.15) is 38.4 Å². The first kappa shape index (κ1) is 16.0. The Morgan fingerprint density at radius 1 is 1.45 bits per heavy atom. The van der Waals surface area contributed by atoms with Crippen LogP contribution in [0.3, 0.4) is 0 Å². The Bertz CT molecular complexity index is 556. The second-order valence-electron chi connectivity index (χ2n) is 5.43. The minimum absolute atomic E-state index is 0.126. The summed E-state index contributed by atoms with van der Waals surface area (Å²) in [5, 5.41) is 0. The van der Waals surface area contributed by atoms with E-state index in [2.05, 4.69) is 27.6 Å². The van der Waals surface area contributed by atoms with E-state index in [4.69, 9.17) is 10.2 Å². The summed E-state index contributed by atoms with van der Waals surface area (Å²) in [5.41, 5.74) is 5.45. The molecule has 2 rings (SSSR count). The molecule has 1 aliphatic rings. The molecule has 0 aromatic carbocycles. The predicted molar refractivity (Wildman–Crippen MR) is 80.6 cm³/mol. The summed E-state index contributed by atoms with van der Waals surface area (Å²) in [7, 11) is -3.55. The standard InChI is InChI=1S/C13H21BrN2O3S/c1-9-4-2-3-5-10(9)8-16-20(17,18)12-6-11(7-15)19-13(12)14/h6,9-10,16H,2-5,7-8,15H2,1H3. The number of nitrogens with one attached hydrogen (secondary N) is 1. The largest absolute Gasteiger partial charge is 0.452 e. The fraction of sp³-hybridized carbons (Fsp3) is 0.692. The van der Waals surface area contributed by atoms with Gasteiger partial charge in [-0.3, -0.25) is 0 Å². The fourth-order valence-electron chi connectivity index (χ4n) is 2.67. The Balaban J connectivity index is 2.05. The minimum atomic E-state index is -3.55. The average molecular weight is 365 g/mol. The summed E-state index contributed by atoms with van der Waals surface area (Å²) in [4.78, 5) is 0.126. The maximum atomic E-state index is 12.3. The minimum Gasteiger partial charge on any atom is -0.452 e. The second-order valence-corrected chi connectivity index (χ2v) is 7.88. The number of furan rings is 1. The molecule has 1 fully saturated rings. The van der Waals surface area contributed by atoms with Crippen molar-refractivity contribution in [1.29, 1.82) is 0 Å². The molecule has 1 saturated carbocycles. The van der Waals surface area contributed by atoms with Crippen LogP contribution in [-0.4, -0.2) is 15.0 Å². The first-order chi connectivity index (χ1) is 9.44. The molecule has 1 aromatic heterocycles. The van der Waals surface area contributed by atoms with Gasteiger partial charge in [-0.1, -0.05) is 26.2 Å². The van der Waals surface area contributed by atoms with E-state index in [1.807, 2.05) is 0 Å². The molecule has 5 nitrogen and oxygen atoms in total. The highest BCUT2D eigenvalue weighted by Crippen LogP contribution is 2.30. The highest BCUT2D eigenvalue weighted by Gasteiger charge is 2.26. The van der Waals surface area contributed by atoms with Crippen LogP contribution in [-0.2, 0) is 16.6 Å². The van der Waals surface area contributed by atoms with Gasteiger partial charge >= 0.3 is 0 Å². The van der Waals surface area contributed by atoms with E-state index in [0.29, 0.717) is 24.1 Å². The van der Waals surface area contributed by atoms with Crippen molar-refractivity contribution in [2.24, 2.45) is 17.6 Å². The smallest absolute Gasteiger partial charge is 0.244 e. The molecule has 0 radical (unpaired) electrons. The highest BCUT2D eigenvalue weighted by molar-refractivity contribution is 9.10. The van der Waals surface area contributed by atoms with Crippen LogP contribution in [0, 0.1) is 11.8 Å². The van der Waals surface area contributed by atoms with Gasteiger partial charge in [-0.15, -0.1) is 0 Å². The van der Waals surface area contributed by atoms with E-state index in [-0.39, 0.29) is 16.1 Å². The first-order valence-electron chi connectivity index (χ1n) is 6.92. The number of halogens is 1. The van der Waals surface area contributed by atoms with Crippen LogP contribution in [0.2, 0.25) is 0 Å². The summed E-state index contributed by atoms with van der Waals surface area (Å²) >= 11 is 3.13. The predicted octanol–water partition coefficient (Wildman–Crippen LogP) is 2.61. The molecule has 0 amide bonds. The third kappa shape index (κ3) is 3.63. The molecule has 114 valence electrons. The molecule has 2 atom stereocenters. The van der Waals surface area contributed by atoms with Crippen molar-refractivity contribution >= 4 is 26.0 Å². The fourth-order valence-corrected chi connectivity index (χ4v) is 4.76. The van der Waals surface area contributed by atoms with E-state index in [0.717, 1.165) is 6.42 Å². The summed E-state index contributed by atoms with van der Waals surface area (Å²) in [5.74, 6) is 1.43. The zero-order valence-electron chi connectivity index (χ0n) is 11.6. The lowest BCUT2D eigenvalue weighted by molar-refractivity contribution is 0.257. The average Bonchev–Trinajstić information content (AvgIpc) is 2.80. The Morgan fingerprint density at radius 3 is 2.75 bits per heavy atom. The van der Waals surface area contributed by atoms with Gasteiger partial charge in [-0.05, 0) is 34.2 Å². The Kier molecular flexibility index (Phi) is 5.28. The van der Waals surface area contributed by atoms with E-state index < -0.39 is 10.0 Å². The summed E-state index contributed by atoms with van der Waals surface area (Å²) in [6, 6.07) is 1.47. The molecule has 7 heteroatoms. The molecule has 0 bridgehead atoms. The van der Waals surface area contributed by atoms with Gasteiger partial charge < -0.3 is 10.2 Å². The van der Waals surface area contributed by atoms with Crippen molar-refractivity contribution < 1.29 is 12.8 Å². The molecule has 1 heterocycles. The molecule has 0 saturated heterocycles. The normalized spacial score (nSPS) is 23.9. The highest BCUT2D eigenvalue weighted by atomic mass is 79.9. The summed E-state index contributed by atoms with van der Waals surface area (Å²) < 4.78 is 32.7. The maximum absolute atomic E-state index is 12.3. The molecule has 1 aliphatic carbocycles. The maximum Gasteiger partial charge on any atom is 0.244 e. The molecule has 20 heavy (non-hydrogen) atoms. The van der Waals surface area contributed by atoms with E-state index in [1.54, 1.807) is 0 Å². The molecule has 1 aromatic rings. The van der Waals surface area contributed by atoms with E-state index in [9.17, 15) is 8.42 Å². The lowest BCUT2D eigenvalue weighted by Crippen LogP contribution is -2.33. The van der Waals surface area contributed by atoms with Crippen molar-refractivity contribution in [2.75, 3.05) is 6.54 Å². The molecule has 2 unspecified atom stereocenters. The van der Waals surface area contributed by atoms with Crippen LogP contribution in [0.4, 0.5) is 0 Å². The summed E-state index contributed by atoms with van der Waals surface area (Å²) in [6.07, 6.45) is 4.70. The SMILES string of the molecule is CC1CCCCC1CNS(=O)(=O)c1cc(CN)oc1Br. The first-order valence-corrected chi connectivity index (χ1v) is 9.19. The molecule has 0 aliphatic heterocycles. The van der Waals surface area contributed by atoms with Gasteiger partial charge in [0.15, 0.2) is 4.67 Å². The number of rotatable bonds is 5. The van der Waals surface area contributed by atoms with Gasteiger partial charge in [0.1, 0.15) is 10.7 Å². The number of hydrogen-bond acceptors (Lipinski definition) is 4. The van der Waals surface area contributed by atoms with Crippen LogP contribution in [0.15, 0.2) is 20.0 Å². The quantitative estimate of drug-likeness (QED) is 0.840. The number of hydrogen-bond donors (Lipinski definition) is 2. The van der Waals surface area contributed by atoms with Gasteiger partial charge in [-0.2, -0.15) is 0 Å². The molecular weight excluding hydrogens is 344 g/mol. The van der Waals surface area contributed by atoms with Gasteiger partial charge in [-0.25, -0.2) is 13.1 Å². The van der Waals surface area contributed by atoms with Gasteiger partial charge in [0.25, 0.3) is 0 Å². The van der Waals surface area contributed by atoms with Crippen LogP contribution >= 0.6 is 15.9 Å². The lowest BCUT2D eigenvalue weighted by Gasteiger charge is -2.28. The van der Waals surface area contributed by atoms with Gasteiger partial charge in [0.2, 0.25) is 10.0 Å².